The Morgan fingerprint density at radius 2 is 2.10 bits per heavy atom. The van der Waals surface area contributed by atoms with Crippen molar-refractivity contribution in [3.05, 3.63) is 46.9 Å². The molecule has 0 radical (unpaired) electrons. The molecule has 3 aromatic rings. The number of fused-ring (bicyclic) bond motifs is 1. The number of halogens is 1. The highest BCUT2D eigenvalue weighted by atomic mass is 35.5. The van der Waals surface area contributed by atoms with E-state index in [9.17, 15) is 0 Å². The molecule has 0 spiro atoms. The van der Waals surface area contributed by atoms with Crippen LogP contribution < -0.4 is 5.32 Å². The Morgan fingerprint density at radius 3 is 2.90 bits per heavy atom. The van der Waals surface area contributed by atoms with Crippen LogP contribution in [0.1, 0.15) is 18.1 Å². The lowest BCUT2D eigenvalue weighted by Crippen LogP contribution is -2.06. The van der Waals surface area contributed by atoms with Crippen LogP contribution in [0.4, 0.5) is 11.5 Å². The van der Waals surface area contributed by atoms with Gasteiger partial charge in [-0.25, -0.2) is 0 Å². The molecule has 0 saturated heterocycles. The van der Waals surface area contributed by atoms with Gasteiger partial charge in [0.25, 0.3) is 5.78 Å². The van der Waals surface area contributed by atoms with E-state index in [2.05, 4.69) is 33.4 Å². The lowest BCUT2D eigenvalue weighted by Gasteiger charge is -2.14. The third kappa shape index (κ3) is 2.10. The molecule has 5 nitrogen and oxygen atoms in total. The van der Waals surface area contributed by atoms with Crippen molar-refractivity contribution in [3.63, 3.8) is 0 Å². The van der Waals surface area contributed by atoms with Gasteiger partial charge in [0.1, 0.15) is 17.3 Å². The normalized spacial score (nSPS) is 10.9. The van der Waals surface area contributed by atoms with E-state index >= 15 is 0 Å². The Morgan fingerprint density at radius 1 is 1.30 bits per heavy atom. The van der Waals surface area contributed by atoms with Gasteiger partial charge >= 0.3 is 0 Å². The fraction of sp³-hybridized carbons (Fsp3) is 0.214. The first-order valence-corrected chi connectivity index (χ1v) is 6.79. The standard InChI is InChI=1S/C14H14ClN5/c1-3-10-6-4-5-7-11(10)18-13-9(2)12(15)19-14-16-8-17-20(13)14/h4-8,18H,3H2,1-2H3. The van der Waals surface area contributed by atoms with E-state index in [1.807, 2.05) is 25.1 Å². The van der Waals surface area contributed by atoms with Gasteiger partial charge < -0.3 is 5.32 Å². The summed E-state index contributed by atoms with van der Waals surface area (Å²) in [6.45, 7) is 4.03. The third-order valence-electron chi connectivity index (χ3n) is 3.26. The van der Waals surface area contributed by atoms with Gasteiger partial charge in [-0.1, -0.05) is 36.7 Å². The minimum atomic E-state index is 0.432. The summed E-state index contributed by atoms with van der Waals surface area (Å²) in [7, 11) is 0. The molecular weight excluding hydrogens is 274 g/mol. The van der Waals surface area contributed by atoms with Crippen molar-refractivity contribution < 1.29 is 0 Å². The number of nitrogens with zero attached hydrogens (tertiary/aromatic N) is 4. The SMILES string of the molecule is CCc1ccccc1Nc1c(C)c(Cl)nc2ncnn12. The molecule has 0 atom stereocenters. The molecule has 0 aliphatic carbocycles. The Hall–Kier alpha value is -2.14. The predicted octanol–water partition coefficient (Wildman–Crippen LogP) is 3.39. The van der Waals surface area contributed by atoms with Crippen molar-refractivity contribution >= 4 is 28.9 Å². The van der Waals surface area contributed by atoms with Gasteiger partial charge in [-0.3, -0.25) is 0 Å². The number of hydrogen-bond acceptors (Lipinski definition) is 4. The molecule has 102 valence electrons. The van der Waals surface area contributed by atoms with E-state index in [0.29, 0.717) is 10.9 Å². The van der Waals surface area contributed by atoms with Crippen molar-refractivity contribution in [3.8, 4) is 0 Å². The molecule has 0 fully saturated rings. The van der Waals surface area contributed by atoms with Crippen LogP contribution in [-0.2, 0) is 6.42 Å². The Labute approximate surface area is 121 Å². The molecule has 1 N–H and O–H groups in total. The molecule has 6 heteroatoms. The number of hydrogen-bond donors (Lipinski definition) is 1. The van der Waals surface area contributed by atoms with E-state index in [4.69, 9.17) is 11.6 Å². The monoisotopic (exact) mass is 287 g/mol. The minimum Gasteiger partial charge on any atom is -0.340 e. The molecule has 0 aliphatic rings. The van der Waals surface area contributed by atoms with E-state index in [1.165, 1.54) is 11.9 Å². The fourth-order valence-electron chi connectivity index (χ4n) is 2.12. The maximum absolute atomic E-state index is 6.16. The highest BCUT2D eigenvalue weighted by molar-refractivity contribution is 6.30. The molecule has 0 amide bonds. The largest absolute Gasteiger partial charge is 0.340 e. The third-order valence-corrected chi connectivity index (χ3v) is 3.62. The fourth-order valence-corrected chi connectivity index (χ4v) is 2.29. The first-order chi connectivity index (χ1) is 9.70. The van der Waals surface area contributed by atoms with Crippen LogP contribution in [0.5, 0.6) is 0 Å². The number of aryl methyl sites for hydroxylation is 1. The number of para-hydroxylation sites is 1. The summed E-state index contributed by atoms with van der Waals surface area (Å²) >= 11 is 6.16. The van der Waals surface area contributed by atoms with E-state index in [1.54, 1.807) is 4.52 Å². The average Bonchev–Trinajstić information content (AvgIpc) is 2.92. The lowest BCUT2D eigenvalue weighted by atomic mass is 10.1. The van der Waals surface area contributed by atoms with Gasteiger partial charge in [-0.2, -0.15) is 19.6 Å². The number of aromatic nitrogens is 4. The summed E-state index contributed by atoms with van der Waals surface area (Å²) in [5.41, 5.74) is 3.11. The summed E-state index contributed by atoms with van der Waals surface area (Å²) in [6, 6.07) is 8.16. The number of rotatable bonds is 3. The molecular formula is C14H14ClN5. The van der Waals surface area contributed by atoms with Gasteiger partial charge in [-0.05, 0) is 25.0 Å². The van der Waals surface area contributed by atoms with Crippen LogP contribution in [0, 0.1) is 6.92 Å². The first kappa shape index (κ1) is 12.9. The van der Waals surface area contributed by atoms with Crippen LogP contribution in [-0.4, -0.2) is 19.6 Å². The molecule has 0 bridgehead atoms. The number of nitrogens with one attached hydrogen (secondary N) is 1. The molecule has 0 unspecified atom stereocenters. The molecule has 2 heterocycles. The zero-order valence-electron chi connectivity index (χ0n) is 11.3. The highest BCUT2D eigenvalue weighted by Gasteiger charge is 2.13. The van der Waals surface area contributed by atoms with Crippen molar-refractivity contribution in [2.45, 2.75) is 20.3 Å². The van der Waals surface area contributed by atoms with Crippen molar-refractivity contribution in [1.29, 1.82) is 0 Å². The van der Waals surface area contributed by atoms with Crippen LogP contribution in [0.2, 0.25) is 5.15 Å². The zero-order chi connectivity index (χ0) is 14.1. The summed E-state index contributed by atoms with van der Waals surface area (Å²) in [4.78, 5) is 8.28. The van der Waals surface area contributed by atoms with E-state index < -0.39 is 0 Å². The predicted molar refractivity (Wildman–Crippen MR) is 79.6 cm³/mol. The second kappa shape index (κ2) is 5.09. The molecule has 3 rings (SSSR count). The summed E-state index contributed by atoms with van der Waals surface area (Å²) < 4.78 is 1.66. The molecule has 20 heavy (non-hydrogen) atoms. The van der Waals surface area contributed by atoms with Crippen molar-refractivity contribution in [2.75, 3.05) is 5.32 Å². The second-order valence-corrected chi connectivity index (χ2v) is 4.84. The molecule has 0 aliphatic heterocycles. The van der Waals surface area contributed by atoms with Crippen LogP contribution in [0.3, 0.4) is 0 Å². The second-order valence-electron chi connectivity index (χ2n) is 4.48. The Kier molecular flexibility index (Phi) is 3.28. The summed E-state index contributed by atoms with van der Waals surface area (Å²) in [5, 5.41) is 8.02. The smallest absolute Gasteiger partial charge is 0.255 e. The Bertz CT molecular complexity index is 765. The van der Waals surface area contributed by atoms with Crippen LogP contribution in [0.25, 0.3) is 5.78 Å². The maximum atomic E-state index is 6.16. The zero-order valence-corrected chi connectivity index (χ0v) is 12.0. The van der Waals surface area contributed by atoms with Gasteiger partial charge in [0.2, 0.25) is 0 Å². The minimum absolute atomic E-state index is 0.432. The van der Waals surface area contributed by atoms with Crippen LogP contribution in [0.15, 0.2) is 30.6 Å². The molecule has 0 saturated carbocycles. The van der Waals surface area contributed by atoms with Crippen LogP contribution >= 0.6 is 11.6 Å². The highest BCUT2D eigenvalue weighted by Crippen LogP contribution is 2.27. The lowest BCUT2D eigenvalue weighted by molar-refractivity contribution is 0.935. The topological polar surface area (TPSA) is 55.1 Å². The van der Waals surface area contributed by atoms with E-state index in [0.717, 1.165) is 23.5 Å². The van der Waals surface area contributed by atoms with Gasteiger partial charge in [0.05, 0.1) is 0 Å². The maximum Gasteiger partial charge on any atom is 0.255 e. The molecule has 1 aromatic carbocycles. The van der Waals surface area contributed by atoms with Gasteiger partial charge in [0, 0.05) is 11.3 Å². The summed E-state index contributed by atoms with van der Waals surface area (Å²) in [6.07, 6.45) is 2.41. The molecule has 2 aromatic heterocycles. The van der Waals surface area contributed by atoms with Crippen molar-refractivity contribution in [1.82, 2.24) is 19.6 Å². The van der Waals surface area contributed by atoms with E-state index in [-0.39, 0.29) is 0 Å². The van der Waals surface area contributed by atoms with Crippen molar-refractivity contribution in [2.24, 2.45) is 0 Å². The van der Waals surface area contributed by atoms with Gasteiger partial charge in [-0.15, -0.1) is 0 Å². The van der Waals surface area contributed by atoms with Gasteiger partial charge in [0.15, 0.2) is 0 Å². The number of anilines is 2. The quantitative estimate of drug-likeness (QED) is 0.750. The number of benzene rings is 1. The average molecular weight is 288 g/mol. The summed E-state index contributed by atoms with van der Waals surface area (Å²) in [5.74, 6) is 1.27. The Balaban J connectivity index is 2.15. The first-order valence-electron chi connectivity index (χ1n) is 6.41.